The first-order valence-corrected chi connectivity index (χ1v) is 7.65. The van der Waals surface area contributed by atoms with Gasteiger partial charge in [-0.25, -0.2) is 9.48 Å². The Morgan fingerprint density at radius 3 is 2.36 bits per heavy atom. The van der Waals surface area contributed by atoms with E-state index < -0.39 is 24.5 Å². The fourth-order valence-electron chi connectivity index (χ4n) is 2.42. The smallest absolute Gasteiger partial charge is 0.333 e. The van der Waals surface area contributed by atoms with Crippen LogP contribution < -0.4 is 5.32 Å². The van der Waals surface area contributed by atoms with Gasteiger partial charge in [-0.1, -0.05) is 0 Å². The summed E-state index contributed by atoms with van der Waals surface area (Å²) in [4.78, 5) is 35.8. The minimum Gasteiger partial charge on any atom is -0.480 e. The van der Waals surface area contributed by atoms with Gasteiger partial charge < -0.3 is 15.3 Å². The Balaban J connectivity index is 2.98. The topological polar surface area (TPSA) is 105 Å². The molecule has 1 aromatic heterocycles. The van der Waals surface area contributed by atoms with Crippen LogP contribution in [0.2, 0.25) is 0 Å². The van der Waals surface area contributed by atoms with E-state index in [2.05, 4.69) is 10.4 Å². The number of hydrogen-bond donors (Lipinski definition) is 2. The van der Waals surface area contributed by atoms with Gasteiger partial charge in [-0.3, -0.25) is 9.59 Å². The number of amides is 2. The zero-order valence-electron chi connectivity index (χ0n) is 14.5. The van der Waals surface area contributed by atoms with Gasteiger partial charge in [0, 0.05) is 31.3 Å². The molecular formula is C15H22F2N4O4. The molecule has 0 bridgehead atoms. The number of halogens is 2. The molecule has 0 fully saturated rings. The van der Waals surface area contributed by atoms with E-state index in [1.165, 1.54) is 27.7 Å². The van der Waals surface area contributed by atoms with E-state index in [0.29, 0.717) is 10.2 Å². The number of aryl methyl sites for hydroxylation is 1. The van der Waals surface area contributed by atoms with Crippen molar-refractivity contribution >= 4 is 17.8 Å². The number of nitrogens with zero attached hydrogens (tertiary/aromatic N) is 3. The highest BCUT2D eigenvalue weighted by Crippen LogP contribution is 2.20. The van der Waals surface area contributed by atoms with E-state index in [0.717, 1.165) is 4.90 Å². The number of aliphatic carboxylic acids is 1. The highest BCUT2D eigenvalue weighted by atomic mass is 19.3. The molecule has 0 aliphatic carbocycles. The second-order valence-electron chi connectivity index (χ2n) is 5.63. The van der Waals surface area contributed by atoms with Gasteiger partial charge in [0.25, 0.3) is 0 Å². The maximum atomic E-state index is 12.9. The van der Waals surface area contributed by atoms with Crippen LogP contribution in [0, 0.1) is 13.8 Å². The minimum absolute atomic E-state index is 0.00698. The summed E-state index contributed by atoms with van der Waals surface area (Å²) in [6, 6.07) is -1.12. The van der Waals surface area contributed by atoms with Crippen molar-refractivity contribution in [2.45, 2.75) is 46.7 Å². The summed E-state index contributed by atoms with van der Waals surface area (Å²) in [7, 11) is 0. The van der Waals surface area contributed by atoms with Gasteiger partial charge >= 0.3 is 12.5 Å². The maximum absolute atomic E-state index is 12.9. The molecule has 10 heteroatoms. The van der Waals surface area contributed by atoms with E-state index in [9.17, 15) is 23.2 Å². The zero-order valence-corrected chi connectivity index (χ0v) is 14.5. The van der Waals surface area contributed by atoms with Crippen LogP contribution in [0.25, 0.3) is 0 Å². The number of carbonyl (C=O) groups excluding carboxylic acids is 2. The lowest BCUT2D eigenvalue weighted by molar-refractivity contribution is -0.149. The number of alkyl halides is 2. The van der Waals surface area contributed by atoms with E-state index in [1.807, 2.05) is 0 Å². The third kappa shape index (κ3) is 5.23. The number of aromatic nitrogens is 2. The van der Waals surface area contributed by atoms with E-state index >= 15 is 0 Å². The molecule has 1 heterocycles. The third-order valence-corrected chi connectivity index (χ3v) is 3.86. The fraction of sp³-hybridized carbons (Fsp3) is 0.600. The molecule has 1 rings (SSSR count). The molecule has 0 aromatic carbocycles. The first-order valence-electron chi connectivity index (χ1n) is 7.65. The van der Waals surface area contributed by atoms with Gasteiger partial charge in [0.15, 0.2) is 0 Å². The average Bonchev–Trinajstić information content (AvgIpc) is 2.78. The molecule has 0 radical (unpaired) electrons. The van der Waals surface area contributed by atoms with E-state index in [-0.39, 0.29) is 36.8 Å². The fourth-order valence-corrected chi connectivity index (χ4v) is 2.42. The SMILES string of the molecule is CC(=O)NCCN(C(=O)Cc1c(C)nn(C(F)F)c1C)C(C)C(=O)O. The molecule has 0 saturated heterocycles. The van der Waals surface area contributed by atoms with Crippen LogP contribution in [0.5, 0.6) is 0 Å². The lowest BCUT2D eigenvalue weighted by atomic mass is 10.1. The first kappa shape index (κ1) is 20.5. The number of hydrogen-bond acceptors (Lipinski definition) is 4. The molecule has 0 spiro atoms. The molecule has 1 unspecified atom stereocenters. The number of rotatable bonds is 8. The standard InChI is InChI=1S/C15H22F2N4O4/c1-8-12(9(2)21(19-8)15(16)17)7-13(23)20(10(3)14(24)25)6-5-18-11(4)22/h10,15H,5-7H2,1-4H3,(H,18,22)(H,24,25). The van der Waals surface area contributed by atoms with Gasteiger partial charge in [-0.15, -0.1) is 0 Å². The Labute approximate surface area is 143 Å². The summed E-state index contributed by atoms with van der Waals surface area (Å²) in [6.07, 6.45) is -0.248. The number of carboxylic acid groups (broad SMARTS) is 1. The quantitative estimate of drug-likeness (QED) is 0.716. The Morgan fingerprint density at radius 2 is 1.92 bits per heavy atom. The predicted molar refractivity (Wildman–Crippen MR) is 84.2 cm³/mol. The molecule has 2 N–H and O–H groups in total. The van der Waals surface area contributed by atoms with Crippen LogP contribution in [0.3, 0.4) is 0 Å². The van der Waals surface area contributed by atoms with Gasteiger partial charge in [0.1, 0.15) is 6.04 Å². The van der Waals surface area contributed by atoms with Crippen molar-refractivity contribution < 1.29 is 28.3 Å². The summed E-state index contributed by atoms with van der Waals surface area (Å²) in [5.41, 5.74) is 0.786. The zero-order chi connectivity index (χ0) is 19.3. The number of carbonyl (C=O) groups is 3. The molecule has 2 amide bonds. The second kappa shape index (κ2) is 8.54. The summed E-state index contributed by atoms with van der Waals surface area (Å²) < 4.78 is 26.3. The van der Waals surface area contributed by atoms with Crippen molar-refractivity contribution in [3.8, 4) is 0 Å². The maximum Gasteiger partial charge on any atom is 0.333 e. The molecular weight excluding hydrogens is 338 g/mol. The largest absolute Gasteiger partial charge is 0.480 e. The number of carboxylic acids is 1. The summed E-state index contributed by atoms with van der Waals surface area (Å²) >= 11 is 0. The average molecular weight is 360 g/mol. The van der Waals surface area contributed by atoms with Gasteiger partial charge in [0.05, 0.1) is 12.1 Å². The summed E-state index contributed by atoms with van der Waals surface area (Å²) in [5, 5.41) is 15.4. The Morgan fingerprint density at radius 1 is 1.32 bits per heavy atom. The Kier molecular flexibility index (Phi) is 7.01. The molecule has 0 saturated carbocycles. The van der Waals surface area contributed by atoms with Crippen molar-refractivity contribution in [1.29, 1.82) is 0 Å². The van der Waals surface area contributed by atoms with Crippen LogP contribution >= 0.6 is 0 Å². The van der Waals surface area contributed by atoms with Crippen molar-refractivity contribution in [2.24, 2.45) is 0 Å². The van der Waals surface area contributed by atoms with Crippen molar-refractivity contribution in [3.05, 3.63) is 17.0 Å². The summed E-state index contributed by atoms with van der Waals surface area (Å²) in [6.45, 7) is 2.85. The molecule has 1 aromatic rings. The lowest BCUT2D eigenvalue weighted by Crippen LogP contribution is -2.47. The van der Waals surface area contributed by atoms with E-state index in [4.69, 9.17) is 5.11 Å². The first-order chi connectivity index (χ1) is 11.6. The molecule has 0 aliphatic heterocycles. The molecule has 140 valence electrons. The van der Waals surface area contributed by atoms with Crippen molar-refractivity contribution in [2.75, 3.05) is 13.1 Å². The predicted octanol–water partition coefficient (Wildman–Crippen LogP) is 0.875. The molecule has 0 aliphatic rings. The van der Waals surface area contributed by atoms with Crippen LogP contribution in [-0.2, 0) is 20.8 Å². The molecule has 1 atom stereocenters. The van der Waals surface area contributed by atoms with Crippen LogP contribution in [-0.4, -0.2) is 56.7 Å². The minimum atomic E-state index is -2.82. The normalized spacial score (nSPS) is 12.1. The lowest BCUT2D eigenvalue weighted by Gasteiger charge is -2.26. The monoisotopic (exact) mass is 360 g/mol. The second-order valence-corrected chi connectivity index (χ2v) is 5.63. The van der Waals surface area contributed by atoms with Gasteiger partial charge in [0.2, 0.25) is 11.8 Å². The third-order valence-electron chi connectivity index (χ3n) is 3.86. The van der Waals surface area contributed by atoms with Crippen LogP contribution in [0.4, 0.5) is 8.78 Å². The van der Waals surface area contributed by atoms with Gasteiger partial charge in [-0.05, 0) is 20.8 Å². The van der Waals surface area contributed by atoms with E-state index in [1.54, 1.807) is 0 Å². The van der Waals surface area contributed by atoms with Crippen LogP contribution in [0.1, 0.15) is 37.3 Å². The number of nitrogens with one attached hydrogen (secondary N) is 1. The molecule has 25 heavy (non-hydrogen) atoms. The van der Waals surface area contributed by atoms with Gasteiger partial charge in [-0.2, -0.15) is 13.9 Å². The molecule has 8 nitrogen and oxygen atoms in total. The van der Waals surface area contributed by atoms with Crippen molar-refractivity contribution in [3.63, 3.8) is 0 Å². The summed E-state index contributed by atoms with van der Waals surface area (Å²) in [5.74, 6) is -2.05. The van der Waals surface area contributed by atoms with Crippen LogP contribution in [0.15, 0.2) is 0 Å². The highest BCUT2D eigenvalue weighted by Gasteiger charge is 2.27. The van der Waals surface area contributed by atoms with Crippen molar-refractivity contribution in [1.82, 2.24) is 20.0 Å². The highest BCUT2D eigenvalue weighted by molar-refractivity contribution is 5.85. The Bertz CT molecular complexity index is 660. The Hall–Kier alpha value is -2.52.